The van der Waals surface area contributed by atoms with Gasteiger partial charge in [-0.3, -0.25) is 0 Å². The Morgan fingerprint density at radius 2 is 1.83 bits per heavy atom. The van der Waals surface area contributed by atoms with Gasteiger partial charge in [-0.2, -0.15) is 10.2 Å². The molecule has 150 valence electrons. The minimum atomic E-state index is -0.0564. The summed E-state index contributed by atoms with van der Waals surface area (Å²) in [6, 6.07) is 22.5. The zero-order valence-corrected chi connectivity index (χ0v) is 16.9. The average Bonchev–Trinajstić information content (AvgIpc) is 3.41. The molecule has 2 aromatic heterocycles. The van der Waals surface area contributed by atoms with Gasteiger partial charge in [0.15, 0.2) is 5.76 Å². The lowest BCUT2D eigenvalue weighted by atomic mass is 10.1. The Morgan fingerprint density at radius 1 is 1.07 bits per heavy atom. The summed E-state index contributed by atoms with van der Waals surface area (Å²) in [5.74, 6) is 2.23. The van der Waals surface area contributed by atoms with Crippen LogP contribution in [-0.4, -0.2) is 4.98 Å². The van der Waals surface area contributed by atoms with Crippen LogP contribution in [0.5, 0.6) is 5.75 Å². The average molecular weight is 420 g/mol. The largest absolute Gasteiger partial charge is 0.486 e. The van der Waals surface area contributed by atoms with E-state index in [1.54, 1.807) is 36.4 Å². The first kappa shape index (κ1) is 19.6. The molecule has 0 spiro atoms. The fourth-order valence-electron chi connectivity index (χ4n) is 2.88. The van der Waals surface area contributed by atoms with Crippen LogP contribution in [0.15, 0.2) is 75.6 Å². The zero-order valence-electron chi connectivity index (χ0n) is 16.1. The number of hydrogen-bond acceptors (Lipinski definition) is 6. The summed E-state index contributed by atoms with van der Waals surface area (Å²) in [5, 5.41) is 13.3. The van der Waals surface area contributed by atoms with E-state index in [2.05, 4.69) is 16.4 Å². The van der Waals surface area contributed by atoms with Crippen molar-refractivity contribution in [1.82, 2.24) is 4.98 Å². The standard InChI is InChI=1S/C23H18ClN3O3/c1-15(16-5-3-2-4-6-16)26-22-20(13-25)27-23(30-22)21-12-11-19(29-21)14-28-18-9-7-17(24)8-10-18/h2-12,15,26H,14H2,1H3. The molecule has 6 nitrogen and oxygen atoms in total. The van der Waals surface area contributed by atoms with E-state index in [4.69, 9.17) is 25.2 Å². The first-order valence-corrected chi connectivity index (χ1v) is 9.70. The van der Waals surface area contributed by atoms with Gasteiger partial charge in [-0.05, 0) is 48.9 Å². The number of ether oxygens (including phenoxy) is 1. The number of furan rings is 1. The van der Waals surface area contributed by atoms with E-state index in [0.717, 1.165) is 5.56 Å². The molecule has 2 aromatic carbocycles. The van der Waals surface area contributed by atoms with Crippen LogP contribution >= 0.6 is 11.6 Å². The van der Waals surface area contributed by atoms with Gasteiger partial charge in [-0.15, -0.1) is 0 Å². The van der Waals surface area contributed by atoms with Crippen molar-refractivity contribution in [1.29, 1.82) is 5.26 Å². The lowest BCUT2D eigenvalue weighted by Gasteiger charge is -2.12. The first-order valence-electron chi connectivity index (χ1n) is 9.32. The third-order valence-electron chi connectivity index (χ3n) is 4.45. The highest BCUT2D eigenvalue weighted by Crippen LogP contribution is 2.29. The molecule has 7 heteroatoms. The number of hydrogen-bond donors (Lipinski definition) is 1. The molecule has 1 unspecified atom stereocenters. The maximum atomic E-state index is 9.42. The molecule has 1 atom stereocenters. The van der Waals surface area contributed by atoms with E-state index >= 15 is 0 Å². The molecule has 0 saturated carbocycles. The van der Waals surface area contributed by atoms with E-state index in [1.807, 2.05) is 37.3 Å². The van der Waals surface area contributed by atoms with E-state index in [9.17, 15) is 5.26 Å². The van der Waals surface area contributed by atoms with Crippen LogP contribution in [0.2, 0.25) is 5.02 Å². The highest BCUT2D eigenvalue weighted by Gasteiger charge is 2.19. The Kier molecular flexibility index (Phi) is 5.73. The molecule has 1 N–H and O–H groups in total. The van der Waals surface area contributed by atoms with E-state index in [-0.39, 0.29) is 24.2 Å². The fourth-order valence-corrected chi connectivity index (χ4v) is 3.00. The molecule has 0 aliphatic heterocycles. The lowest BCUT2D eigenvalue weighted by molar-refractivity contribution is 0.271. The SMILES string of the molecule is CC(Nc1oc(-c2ccc(COc3ccc(Cl)cc3)o2)nc1C#N)c1ccccc1. The maximum Gasteiger partial charge on any atom is 0.266 e. The summed E-state index contributed by atoms with van der Waals surface area (Å²) in [4.78, 5) is 4.25. The Hall–Kier alpha value is -3.69. The highest BCUT2D eigenvalue weighted by atomic mass is 35.5. The lowest BCUT2D eigenvalue weighted by Crippen LogP contribution is -2.06. The molecule has 0 amide bonds. The highest BCUT2D eigenvalue weighted by molar-refractivity contribution is 6.30. The number of oxazole rings is 1. The molecule has 4 aromatic rings. The number of anilines is 1. The third kappa shape index (κ3) is 4.48. The Bertz CT molecular complexity index is 1160. The summed E-state index contributed by atoms with van der Waals surface area (Å²) in [7, 11) is 0. The topological polar surface area (TPSA) is 84.2 Å². The normalized spacial score (nSPS) is 11.6. The third-order valence-corrected chi connectivity index (χ3v) is 4.70. The van der Waals surface area contributed by atoms with Gasteiger partial charge in [0.2, 0.25) is 11.6 Å². The van der Waals surface area contributed by atoms with Crippen molar-refractivity contribution >= 4 is 17.5 Å². The molecular formula is C23H18ClN3O3. The number of nitriles is 1. The van der Waals surface area contributed by atoms with E-state index in [1.165, 1.54) is 0 Å². The van der Waals surface area contributed by atoms with Gasteiger partial charge < -0.3 is 18.9 Å². The Morgan fingerprint density at radius 3 is 2.57 bits per heavy atom. The monoisotopic (exact) mass is 419 g/mol. The van der Waals surface area contributed by atoms with Crippen molar-refractivity contribution < 1.29 is 13.6 Å². The van der Waals surface area contributed by atoms with Gasteiger partial charge >= 0.3 is 0 Å². The molecule has 30 heavy (non-hydrogen) atoms. The predicted octanol–water partition coefficient (Wildman–Crippen LogP) is 6.21. The Balaban J connectivity index is 1.47. The first-order chi connectivity index (χ1) is 14.6. The Labute approximate surface area is 178 Å². The molecule has 0 radical (unpaired) electrons. The van der Waals surface area contributed by atoms with Crippen LogP contribution in [-0.2, 0) is 6.61 Å². The number of nitrogens with zero attached hydrogens (tertiary/aromatic N) is 2. The second kappa shape index (κ2) is 8.76. The van der Waals surface area contributed by atoms with Crippen LogP contribution in [0, 0.1) is 11.3 Å². The number of rotatable bonds is 7. The predicted molar refractivity (Wildman–Crippen MR) is 113 cm³/mol. The summed E-state index contributed by atoms with van der Waals surface area (Å²) >= 11 is 5.87. The van der Waals surface area contributed by atoms with Gasteiger partial charge in [0.25, 0.3) is 5.89 Å². The number of nitrogens with one attached hydrogen (secondary N) is 1. The number of benzene rings is 2. The van der Waals surface area contributed by atoms with Gasteiger partial charge in [0.1, 0.15) is 24.2 Å². The van der Waals surface area contributed by atoms with Crippen molar-refractivity contribution in [3.05, 3.63) is 88.8 Å². The zero-order chi connectivity index (χ0) is 20.9. The van der Waals surface area contributed by atoms with Crippen molar-refractivity contribution in [2.24, 2.45) is 0 Å². The minimum Gasteiger partial charge on any atom is -0.486 e. The van der Waals surface area contributed by atoms with E-state index in [0.29, 0.717) is 28.2 Å². The number of halogens is 1. The maximum absolute atomic E-state index is 9.42. The molecule has 2 heterocycles. The second-order valence-corrected chi connectivity index (χ2v) is 7.03. The van der Waals surface area contributed by atoms with E-state index < -0.39 is 0 Å². The molecule has 0 aliphatic carbocycles. The van der Waals surface area contributed by atoms with Crippen LogP contribution < -0.4 is 10.1 Å². The molecule has 0 aliphatic rings. The van der Waals surface area contributed by atoms with Gasteiger partial charge in [0, 0.05) is 5.02 Å². The summed E-state index contributed by atoms with van der Waals surface area (Å²) < 4.78 is 17.2. The van der Waals surface area contributed by atoms with Crippen molar-refractivity contribution in [2.45, 2.75) is 19.6 Å². The molecule has 0 bridgehead atoms. The summed E-state index contributed by atoms with van der Waals surface area (Å²) in [6.45, 7) is 2.22. The minimum absolute atomic E-state index is 0.0564. The molecule has 0 saturated heterocycles. The number of aromatic nitrogens is 1. The van der Waals surface area contributed by atoms with Crippen LogP contribution in [0.25, 0.3) is 11.7 Å². The van der Waals surface area contributed by atoms with Crippen LogP contribution in [0.4, 0.5) is 5.88 Å². The van der Waals surface area contributed by atoms with Crippen molar-refractivity contribution in [3.63, 3.8) is 0 Å². The molecular weight excluding hydrogens is 402 g/mol. The quantitative estimate of drug-likeness (QED) is 0.383. The molecule has 0 fully saturated rings. The van der Waals surface area contributed by atoms with Gasteiger partial charge in [0.05, 0.1) is 6.04 Å². The second-order valence-electron chi connectivity index (χ2n) is 6.59. The summed E-state index contributed by atoms with van der Waals surface area (Å²) in [5.41, 5.74) is 1.24. The van der Waals surface area contributed by atoms with Crippen LogP contribution in [0.1, 0.15) is 30.0 Å². The smallest absolute Gasteiger partial charge is 0.266 e. The fraction of sp³-hybridized carbons (Fsp3) is 0.130. The van der Waals surface area contributed by atoms with Gasteiger partial charge in [-0.1, -0.05) is 41.9 Å². The van der Waals surface area contributed by atoms with Crippen molar-refractivity contribution in [2.75, 3.05) is 5.32 Å². The van der Waals surface area contributed by atoms with Crippen LogP contribution in [0.3, 0.4) is 0 Å². The summed E-state index contributed by atoms with van der Waals surface area (Å²) in [6.07, 6.45) is 0. The molecule has 4 rings (SSSR count). The van der Waals surface area contributed by atoms with Gasteiger partial charge in [-0.25, -0.2) is 0 Å². The van der Waals surface area contributed by atoms with Crippen molar-refractivity contribution in [3.8, 4) is 23.5 Å².